The zero-order valence-electron chi connectivity index (χ0n) is 22.7. The number of carbonyl (C=O) groups excluding carboxylic acids is 2. The number of fused-ring (bicyclic) bond motifs is 1. The van der Waals surface area contributed by atoms with Crippen LogP contribution in [0.3, 0.4) is 0 Å². The molecule has 0 bridgehead atoms. The molecule has 3 aromatic carbocycles. The van der Waals surface area contributed by atoms with Gasteiger partial charge < -0.3 is 20.9 Å². The van der Waals surface area contributed by atoms with Crippen molar-refractivity contribution in [2.24, 2.45) is 5.92 Å². The molecule has 5 aromatic rings. The standard InChI is InChI=1S/C33H30ClN5O2/c1-21(2)7-5-12-32(40)38-23-15-13-22(14-16-23)33(41)39-25-9-6-8-24(17-25)37-31-18-27(29(34)20-36-31)28-19-35-30-11-4-3-10-26(28)30/h3-6,8-21,35H,7H2,1-2H3,(H,36,37)(H,38,40)(H,39,41)/b12-5+. The molecule has 4 N–H and O–H groups in total. The minimum absolute atomic E-state index is 0.198. The summed E-state index contributed by atoms with van der Waals surface area (Å²) in [7, 11) is 0. The van der Waals surface area contributed by atoms with Crippen LogP contribution in [0.1, 0.15) is 30.6 Å². The molecule has 0 aliphatic rings. The minimum Gasteiger partial charge on any atom is -0.361 e. The summed E-state index contributed by atoms with van der Waals surface area (Å²) < 4.78 is 0. The lowest BCUT2D eigenvalue weighted by Gasteiger charge is -2.11. The van der Waals surface area contributed by atoms with Crippen LogP contribution in [0.5, 0.6) is 0 Å². The number of anilines is 4. The third-order valence-electron chi connectivity index (χ3n) is 6.42. The van der Waals surface area contributed by atoms with Crippen molar-refractivity contribution in [3.8, 4) is 11.1 Å². The Kier molecular flexibility index (Phi) is 8.46. The maximum absolute atomic E-state index is 12.9. The van der Waals surface area contributed by atoms with Crippen molar-refractivity contribution in [1.29, 1.82) is 0 Å². The highest BCUT2D eigenvalue weighted by atomic mass is 35.5. The third kappa shape index (κ3) is 7.01. The Morgan fingerprint density at radius 3 is 2.49 bits per heavy atom. The Labute approximate surface area is 243 Å². The highest BCUT2D eigenvalue weighted by Crippen LogP contribution is 2.35. The fourth-order valence-corrected chi connectivity index (χ4v) is 4.57. The van der Waals surface area contributed by atoms with Gasteiger partial charge in [-0.1, -0.05) is 55.8 Å². The van der Waals surface area contributed by atoms with E-state index in [-0.39, 0.29) is 11.8 Å². The fraction of sp³-hybridized carbons (Fsp3) is 0.121. The second kappa shape index (κ2) is 12.5. The first-order valence-electron chi connectivity index (χ1n) is 13.3. The van der Waals surface area contributed by atoms with Gasteiger partial charge in [0.25, 0.3) is 5.91 Å². The number of amides is 2. The Balaban J connectivity index is 1.24. The number of aromatic nitrogens is 2. The van der Waals surface area contributed by atoms with Crippen LogP contribution in [-0.2, 0) is 4.79 Å². The number of allylic oxidation sites excluding steroid dienone is 1. The molecule has 0 spiro atoms. The van der Waals surface area contributed by atoms with E-state index in [9.17, 15) is 9.59 Å². The van der Waals surface area contributed by atoms with Gasteiger partial charge in [-0.15, -0.1) is 0 Å². The van der Waals surface area contributed by atoms with E-state index in [1.807, 2.05) is 66.9 Å². The summed E-state index contributed by atoms with van der Waals surface area (Å²) in [6.07, 6.45) is 7.80. The Morgan fingerprint density at radius 2 is 1.68 bits per heavy atom. The predicted octanol–water partition coefficient (Wildman–Crippen LogP) is 8.42. The summed E-state index contributed by atoms with van der Waals surface area (Å²) in [4.78, 5) is 32.7. The molecule has 8 heteroatoms. The summed E-state index contributed by atoms with van der Waals surface area (Å²) in [6.45, 7) is 4.19. The Morgan fingerprint density at radius 1 is 0.902 bits per heavy atom. The molecule has 41 heavy (non-hydrogen) atoms. The van der Waals surface area contributed by atoms with E-state index in [0.29, 0.717) is 33.7 Å². The average Bonchev–Trinajstić information content (AvgIpc) is 3.38. The van der Waals surface area contributed by atoms with Crippen LogP contribution in [-0.4, -0.2) is 21.8 Å². The van der Waals surface area contributed by atoms with Crippen molar-refractivity contribution >= 4 is 57.2 Å². The second-order valence-electron chi connectivity index (χ2n) is 10.1. The maximum Gasteiger partial charge on any atom is 0.255 e. The molecule has 2 aromatic heterocycles. The molecule has 2 heterocycles. The number of rotatable bonds is 9. The molecule has 0 radical (unpaired) electrons. The van der Waals surface area contributed by atoms with Crippen molar-refractivity contribution < 1.29 is 9.59 Å². The van der Waals surface area contributed by atoms with Crippen LogP contribution in [0.2, 0.25) is 5.02 Å². The predicted molar refractivity (Wildman–Crippen MR) is 168 cm³/mol. The van der Waals surface area contributed by atoms with E-state index in [1.54, 1.807) is 30.5 Å². The minimum atomic E-state index is -0.261. The zero-order valence-corrected chi connectivity index (χ0v) is 23.5. The number of para-hydroxylation sites is 1. The van der Waals surface area contributed by atoms with Crippen molar-refractivity contribution in [3.05, 3.63) is 114 Å². The van der Waals surface area contributed by atoms with Gasteiger partial charge in [-0.25, -0.2) is 4.98 Å². The first-order valence-corrected chi connectivity index (χ1v) is 13.7. The van der Waals surface area contributed by atoms with E-state index in [4.69, 9.17) is 11.6 Å². The van der Waals surface area contributed by atoms with Crippen LogP contribution in [0.15, 0.2) is 103 Å². The fourth-order valence-electron chi connectivity index (χ4n) is 4.37. The van der Waals surface area contributed by atoms with Gasteiger partial charge in [0.2, 0.25) is 5.91 Å². The SMILES string of the molecule is CC(C)C/C=C/C(=O)Nc1ccc(C(=O)Nc2cccc(Nc3cc(-c4c[nH]c5ccccc45)c(Cl)cn3)c2)cc1. The number of hydrogen-bond donors (Lipinski definition) is 4. The number of pyridine rings is 1. The van der Waals surface area contributed by atoms with Crippen molar-refractivity contribution in [1.82, 2.24) is 9.97 Å². The molecular weight excluding hydrogens is 534 g/mol. The molecule has 0 fully saturated rings. The van der Waals surface area contributed by atoms with Gasteiger partial charge >= 0.3 is 0 Å². The van der Waals surface area contributed by atoms with E-state index in [1.165, 1.54) is 6.08 Å². The highest BCUT2D eigenvalue weighted by molar-refractivity contribution is 6.33. The highest BCUT2D eigenvalue weighted by Gasteiger charge is 2.12. The lowest BCUT2D eigenvalue weighted by atomic mass is 10.1. The third-order valence-corrected chi connectivity index (χ3v) is 6.72. The lowest BCUT2D eigenvalue weighted by Crippen LogP contribution is -2.12. The van der Waals surface area contributed by atoms with Gasteiger partial charge in [-0.2, -0.15) is 0 Å². The normalized spacial score (nSPS) is 11.2. The van der Waals surface area contributed by atoms with Crippen molar-refractivity contribution in [2.75, 3.05) is 16.0 Å². The van der Waals surface area contributed by atoms with Crippen LogP contribution < -0.4 is 16.0 Å². The van der Waals surface area contributed by atoms with Crippen LogP contribution in [0.25, 0.3) is 22.0 Å². The number of carbonyl (C=O) groups is 2. The smallest absolute Gasteiger partial charge is 0.255 e. The van der Waals surface area contributed by atoms with Gasteiger partial charge in [0.05, 0.1) is 5.02 Å². The number of hydrogen-bond acceptors (Lipinski definition) is 4. The number of H-pyrrole nitrogens is 1. The second-order valence-corrected chi connectivity index (χ2v) is 10.5. The molecule has 2 amide bonds. The number of aromatic amines is 1. The number of nitrogens with zero attached hydrogens (tertiary/aromatic N) is 1. The summed E-state index contributed by atoms with van der Waals surface area (Å²) in [5.41, 5.74) is 5.35. The molecule has 0 aliphatic carbocycles. The molecule has 0 saturated heterocycles. The number of halogens is 1. The topological polar surface area (TPSA) is 98.9 Å². The first kappa shape index (κ1) is 27.7. The summed E-state index contributed by atoms with van der Waals surface area (Å²) in [5, 5.41) is 10.7. The van der Waals surface area contributed by atoms with Gasteiger partial charge in [-0.05, 0) is 73.0 Å². The number of nitrogens with one attached hydrogen (secondary N) is 4. The van der Waals surface area contributed by atoms with Gasteiger partial charge in [-0.3, -0.25) is 9.59 Å². The van der Waals surface area contributed by atoms with Crippen molar-refractivity contribution in [2.45, 2.75) is 20.3 Å². The molecule has 0 aliphatic heterocycles. The summed E-state index contributed by atoms with van der Waals surface area (Å²) >= 11 is 6.52. The van der Waals surface area contributed by atoms with Crippen LogP contribution >= 0.6 is 11.6 Å². The number of benzene rings is 3. The maximum atomic E-state index is 12.9. The zero-order chi connectivity index (χ0) is 28.8. The lowest BCUT2D eigenvalue weighted by molar-refractivity contribution is -0.111. The van der Waals surface area contributed by atoms with Crippen molar-refractivity contribution in [3.63, 3.8) is 0 Å². The van der Waals surface area contributed by atoms with Gasteiger partial charge in [0.15, 0.2) is 0 Å². The molecule has 5 rings (SSSR count). The first-order chi connectivity index (χ1) is 19.9. The Bertz CT molecular complexity index is 1720. The Hall–Kier alpha value is -4.88. The molecular formula is C33H30ClN5O2. The molecule has 0 atom stereocenters. The molecule has 0 saturated carbocycles. The monoisotopic (exact) mass is 563 g/mol. The summed E-state index contributed by atoms with van der Waals surface area (Å²) in [5.74, 6) is 0.653. The summed E-state index contributed by atoms with van der Waals surface area (Å²) in [6, 6.07) is 24.1. The van der Waals surface area contributed by atoms with E-state index < -0.39 is 0 Å². The molecule has 7 nitrogen and oxygen atoms in total. The van der Waals surface area contributed by atoms with E-state index in [2.05, 4.69) is 39.8 Å². The van der Waals surface area contributed by atoms with Crippen LogP contribution in [0.4, 0.5) is 22.9 Å². The molecule has 0 unspecified atom stereocenters. The largest absolute Gasteiger partial charge is 0.361 e. The van der Waals surface area contributed by atoms with Gasteiger partial charge in [0.1, 0.15) is 5.82 Å². The van der Waals surface area contributed by atoms with Gasteiger partial charge in [0, 0.05) is 57.0 Å². The van der Waals surface area contributed by atoms with E-state index in [0.717, 1.165) is 34.1 Å². The van der Waals surface area contributed by atoms with E-state index >= 15 is 0 Å². The quantitative estimate of drug-likeness (QED) is 0.135. The molecule has 206 valence electrons. The average molecular weight is 564 g/mol. The van der Waals surface area contributed by atoms with Crippen LogP contribution in [0, 0.1) is 5.92 Å².